The van der Waals surface area contributed by atoms with Crippen molar-refractivity contribution in [3.63, 3.8) is 0 Å². The SMILES string of the molecule is C=NN1C(=NC)C=C(Nc2cccn(C3CCC(OC)CC3)c2=O)N/C1=C(/C)C(=O)N[C@H]1CC[C@@H]1O. The topological polar surface area (TPSA) is 133 Å². The van der Waals surface area contributed by atoms with Crippen molar-refractivity contribution in [1.29, 1.82) is 0 Å². The molecule has 0 bridgehead atoms. The molecule has 2 heterocycles. The molecule has 1 aliphatic heterocycles. The molecule has 4 N–H and O–H groups in total. The highest BCUT2D eigenvalue weighted by Gasteiger charge is 2.32. The van der Waals surface area contributed by atoms with Crippen molar-refractivity contribution >= 4 is 24.1 Å². The van der Waals surface area contributed by atoms with E-state index in [0.717, 1.165) is 32.1 Å². The third-order valence-corrected chi connectivity index (χ3v) is 7.19. The number of aliphatic hydroxyl groups excluding tert-OH is 1. The van der Waals surface area contributed by atoms with Crippen LogP contribution >= 0.6 is 0 Å². The summed E-state index contributed by atoms with van der Waals surface area (Å²) in [6, 6.07) is 3.43. The fraction of sp³-hybridized carbons (Fsp3) is 0.520. The predicted octanol–water partition coefficient (Wildman–Crippen LogP) is 1.65. The van der Waals surface area contributed by atoms with Crippen LogP contribution < -0.4 is 21.5 Å². The van der Waals surface area contributed by atoms with Crippen LogP contribution in [0.2, 0.25) is 0 Å². The van der Waals surface area contributed by atoms with Gasteiger partial charge in [0.1, 0.15) is 17.3 Å². The van der Waals surface area contributed by atoms with E-state index in [1.54, 1.807) is 37.8 Å². The number of anilines is 1. The van der Waals surface area contributed by atoms with Crippen LogP contribution in [0, 0.1) is 0 Å². The molecule has 0 unspecified atom stereocenters. The number of carbonyl (C=O) groups excluding carboxylic acids is 1. The number of aromatic nitrogens is 1. The summed E-state index contributed by atoms with van der Waals surface area (Å²) >= 11 is 0. The Morgan fingerprint density at radius 1 is 1.25 bits per heavy atom. The maximum Gasteiger partial charge on any atom is 0.274 e. The molecule has 2 atom stereocenters. The lowest BCUT2D eigenvalue weighted by Gasteiger charge is -2.34. The Labute approximate surface area is 210 Å². The lowest BCUT2D eigenvalue weighted by molar-refractivity contribution is -0.120. The van der Waals surface area contributed by atoms with Crippen molar-refractivity contribution in [3.05, 3.63) is 52.0 Å². The van der Waals surface area contributed by atoms with Gasteiger partial charge in [0.05, 0.1) is 23.8 Å². The highest BCUT2D eigenvalue weighted by Crippen LogP contribution is 2.29. The van der Waals surface area contributed by atoms with E-state index in [1.807, 2.05) is 12.3 Å². The second-order valence-corrected chi connectivity index (χ2v) is 9.34. The molecule has 0 aromatic carbocycles. The normalized spacial score (nSPS) is 28.5. The molecule has 11 heteroatoms. The smallest absolute Gasteiger partial charge is 0.274 e. The minimum Gasteiger partial charge on any atom is -0.391 e. The first-order chi connectivity index (χ1) is 17.4. The van der Waals surface area contributed by atoms with Gasteiger partial charge in [-0.25, -0.2) is 0 Å². The number of carbonyl (C=O) groups is 1. The number of hydrogen-bond acceptors (Lipinski definition) is 8. The molecule has 1 aromatic rings. The first-order valence-corrected chi connectivity index (χ1v) is 12.3. The van der Waals surface area contributed by atoms with E-state index < -0.39 is 6.10 Å². The molecule has 0 saturated heterocycles. The van der Waals surface area contributed by atoms with Gasteiger partial charge in [-0.1, -0.05) is 0 Å². The minimum absolute atomic E-state index is 0.121. The number of nitrogens with one attached hydrogen (secondary N) is 3. The van der Waals surface area contributed by atoms with Crippen LogP contribution in [-0.4, -0.2) is 65.6 Å². The number of aliphatic hydroxyl groups is 1. The number of nitrogens with zero attached hydrogens (tertiary/aromatic N) is 4. The second-order valence-electron chi connectivity index (χ2n) is 9.34. The maximum atomic E-state index is 13.3. The predicted molar refractivity (Wildman–Crippen MR) is 138 cm³/mol. The highest BCUT2D eigenvalue weighted by molar-refractivity contribution is 5.99. The third kappa shape index (κ3) is 5.21. The highest BCUT2D eigenvalue weighted by atomic mass is 16.5. The van der Waals surface area contributed by atoms with Crippen LogP contribution in [0.3, 0.4) is 0 Å². The number of pyridine rings is 1. The van der Waals surface area contributed by atoms with Gasteiger partial charge >= 0.3 is 0 Å². The first-order valence-electron chi connectivity index (χ1n) is 12.3. The standard InChI is InChI=1S/C25H35N7O4/c1-15(24(34)29-18-11-12-20(18)33)23-30-21(14-22(26-2)32(23)27-3)28-19-6-5-13-31(25(19)35)16-7-9-17(36-4)10-8-16/h5-6,13-14,16-18,20,28,30,33H,3,7-12H2,1-2,4H3,(H,29,34)/b23-15+,26-22?/t16?,17?,18-,20-/m0/s1. The molecule has 36 heavy (non-hydrogen) atoms. The summed E-state index contributed by atoms with van der Waals surface area (Å²) in [5, 5.41) is 24.5. The number of aliphatic imine (C=N–C) groups is 1. The summed E-state index contributed by atoms with van der Waals surface area (Å²) < 4.78 is 7.24. The summed E-state index contributed by atoms with van der Waals surface area (Å²) in [5.74, 6) is 0.932. The Hall–Kier alpha value is -3.44. The van der Waals surface area contributed by atoms with E-state index >= 15 is 0 Å². The van der Waals surface area contributed by atoms with Gasteiger partial charge in [0, 0.05) is 39.2 Å². The molecule has 2 aliphatic carbocycles. The van der Waals surface area contributed by atoms with Crippen LogP contribution in [0.25, 0.3) is 0 Å². The third-order valence-electron chi connectivity index (χ3n) is 7.19. The van der Waals surface area contributed by atoms with E-state index in [1.165, 1.54) is 5.01 Å². The summed E-state index contributed by atoms with van der Waals surface area (Å²) in [7, 11) is 3.34. The van der Waals surface area contributed by atoms with E-state index in [4.69, 9.17) is 4.74 Å². The molecule has 4 rings (SSSR count). The van der Waals surface area contributed by atoms with Crippen molar-refractivity contribution in [1.82, 2.24) is 20.2 Å². The average Bonchev–Trinajstić information content (AvgIpc) is 2.90. The maximum absolute atomic E-state index is 13.3. The first kappa shape index (κ1) is 25.6. The van der Waals surface area contributed by atoms with Gasteiger partial charge in [-0.05, 0) is 57.6 Å². The molecular weight excluding hydrogens is 462 g/mol. The van der Waals surface area contributed by atoms with Crippen molar-refractivity contribution in [3.8, 4) is 0 Å². The number of methoxy groups -OCH3 is 1. The quantitative estimate of drug-likeness (QED) is 0.333. The zero-order valence-corrected chi connectivity index (χ0v) is 21.0. The van der Waals surface area contributed by atoms with Gasteiger partial charge in [0.2, 0.25) is 0 Å². The number of rotatable bonds is 7. The van der Waals surface area contributed by atoms with Gasteiger partial charge in [0.15, 0.2) is 5.84 Å². The molecule has 194 valence electrons. The van der Waals surface area contributed by atoms with Gasteiger partial charge in [-0.15, -0.1) is 0 Å². The van der Waals surface area contributed by atoms with Crippen LogP contribution in [0.1, 0.15) is 51.5 Å². The average molecular weight is 498 g/mol. The van der Waals surface area contributed by atoms with E-state index in [2.05, 4.69) is 32.8 Å². The summed E-state index contributed by atoms with van der Waals surface area (Å²) in [4.78, 5) is 30.5. The van der Waals surface area contributed by atoms with Crippen LogP contribution in [0.15, 0.2) is 56.5 Å². The summed E-state index contributed by atoms with van der Waals surface area (Å²) in [5.41, 5.74) is 0.620. The minimum atomic E-state index is -0.533. The molecule has 1 aromatic heterocycles. The Morgan fingerprint density at radius 2 is 2.00 bits per heavy atom. The Bertz CT molecular complexity index is 1150. The van der Waals surface area contributed by atoms with Crippen molar-refractivity contribution in [2.24, 2.45) is 10.1 Å². The van der Waals surface area contributed by atoms with Crippen molar-refractivity contribution in [2.75, 3.05) is 19.5 Å². The Morgan fingerprint density at radius 3 is 2.58 bits per heavy atom. The lowest BCUT2D eigenvalue weighted by Crippen LogP contribution is -2.51. The summed E-state index contributed by atoms with van der Waals surface area (Å²) in [6.07, 6.45) is 8.25. The van der Waals surface area contributed by atoms with Crippen molar-refractivity contribution in [2.45, 2.75) is 69.7 Å². The number of amides is 1. The number of amidine groups is 1. The summed E-state index contributed by atoms with van der Waals surface area (Å²) in [6.45, 7) is 5.27. The monoisotopic (exact) mass is 497 g/mol. The van der Waals surface area contributed by atoms with Crippen LogP contribution in [0.5, 0.6) is 0 Å². The molecule has 2 fully saturated rings. The Kier molecular flexibility index (Phi) is 7.90. The molecule has 1 amide bonds. The van der Waals surface area contributed by atoms with E-state index in [9.17, 15) is 14.7 Å². The molecule has 0 radical (unpaired) electrons. The van der Waals surface area contributed by atoms with Gasteiger partial charge in [-0.3, -0.25) is 14.6 Å². The van der Waals surface area contributed by atoms with Crippen LogP contribution in [0.4, 0.5) is 5.69 Å². The Balaban J connectivity index is 1.57. The number of hydrazone groups is 1. The second kappa shape index (κ2) is 11.1. The zero-order chi connectivity index (χ0) is 25.8. The fourth-order valence-corrected chi connectivity index (χ4v) is 4.78. The number of ether oxygens (including phenoxy) is 1. The van der Waals surface area contributed by atoms with Gasteiger partial charge in [-0.2, -0.15) is 10.1 Å². The zero-order valence-electron chi connectivity index (χ0n) is 21.0. The molecule has 0 spiro atoms. The largest absolute Gasteiger partial charge is 0.391 e. The molecule has 11 nitrogen and oxygen atoms in total. The van der Waals surface area contributed by atoms with Crippen molar-refractivity contribution < 1.29 is 14.6 Å². The molecule has 3 aliphatic rings. The lowest BCUT2D eigenvalue weighted by atomic mass is 9.89. The van der Waals surface area contributed by atoms with E-state index in [0.29, 0.717) is 35.2 Å². The number of hydrogen-bond donors (Lipinski definition) is 4. The fourth-order valence-electron chi connectivity index (χ4n) is 4.78. The molecule has 2 saturated carbocycles. The molecular formula is C25H35N7O4. The van der Waals surface area contributed by atoms with Gasteiger partial charge < -0.3 is 30.4 Å². The van der Waals surface area contributed by atoms with Crippen LogP contribution in [-0.2, 0) is 9.53 Å². The van der Waals surface area contributed by atoms with Gasteiger partial charge in [0.25, 0.3) is 11.5 Å². The van der Waals surface area contributed by atoms with E-state index in [-0.39, 0.29) is 29.7 Å².